The van der Waals surface area contributed by atoms with Crippen molar-refractivity contribution in [3.63, 3.8) is 0 Å². The summed E-state index contributed by atoms with van der Waals surface area (Å²) in [5, 5.41) is 13.3. The van der Waals surface area contributed by atoms with Gasteiger partial charge in [-0.1, -0.05) is 24.3 Å². The van der Waals surface area contributed by atoms with Crippen molar-refractivity contribution in [3.05, 3.63) is 78.5 Å². The fraction of sp³-hybridized carbons (Fsp3) is 0. The minimum atomic E-state index is -0.407. The molecule has 0 saturated carbocycles. The second kappa shape index (κ2) is 6.57. The molecule has 0 radical (unpaired) electrons. The van der Waals surface area contributed by atoms with Crippen molar-refractivity contribution in [2.45, 2.75) is 0 Å². The quantitative estimate of drug-likeness (QED) is 0.596. The maximum Gasteiger partial charge on any atom is 0.158 e. The van der Waals surface area contributed by atoms with Crippen molar-refractivity contribution in [2.24, 2.45) is 0 Å². The van der Waals surface area contributed by atoms with Crippen molar-refractivity contribution in [1.82, 2.24) is 15.0 Å². The molecule has 0 fully saturated rings. The summed E-state index contributed by atoms with van der Waals surface area (Å²) in [5.41, 5.74) is 2.83. The highest BCUT2D eigenvalue weighted by molar-refractivity contribution is 6.00. The molecule has 0 spiro atoms. The van der Waals surface area contributed by atoms with Crippen LogP contribution in [-0.2, 0) is 0 Å². The van der Waals surface area contributed by atoms with E-state index in [1.165, 1.54) is 12.1 Å². The molecule has 6 heteroatoms. The van der Waals surface area contributed by atoms with Gasteiger partial charge in [-0.05, 0) is 24.3 Å². The average molecular weight is 341 g/mol. The van der Waals surface area contributed by atoms with Crippen LogP contribution in [0.25, 0.3) is 22.0 Å². The Labute approximate surface area is 148 Å². The normalized spacial score (nSPS) is 10.5. The van der Waals surface area contributed by atoms with Crippen LogP contribution in [0.5, 0.6) is 0 Å². The fourth-order valence-corrected chi connectivity index (χ4v) is 2.76. The molecule has 3 heterocycles. The Bertz CT molecular complexity index is 1130. The molecule has 1 aromatic carbocycles. The highest BCUT2D eigenvalue weighted by Crippen LogP contribution is 2.32. The number of benzene rings is 1. The number of hydrogen-bond acceptors (Lipinski definition) is 5. The van der Waals surface area contributed by atoms with Gasteiger partial charge in [0.25, 0.3) is 0 Å². The van der Waals surface area contributed by atoms with Gasteiger partial charge in [0, 0.05) is 28.9 Å². The van der Waals surface area contributed by atoms with Crippen LogP contribution in [0.3, 0.4) is 0 Å². The van der Waals surface area contributed by atoms with Crippen molar-refractivity contribution in [1.29, 1.82) is 5.26 Å². The maximum absolute atomic E-state index is 13.0. The van der Waals surface area contributed by atoms with Gasteiger partial charge < -0.3 is 5.32 Å². The molecule has 0 saturated heterocycles. The zero-order valence-electron chi connectivity index (χ0n) is 13.5. The van der Waals surface area contributed by atoms with Gasteiger partial charge in [-0.3, -0.25) is 4.98 Å². The Morgan fingerprint density at radius 2 is 1.77 bits per heavy atom. The monoisotopic (exact) mass is 341 g/mol. The Morgan fingerprint density at radius 3 is 2.58 bits per heavy atom. The van der Waals surface area contributed by atoms with E-state index in [9.17, 15) is 9.65 Å². The van der Waals surface area contributed by atoms with E-state index in [1.807, 2.05) is 30.3 Å². The maximum atomic E-state index is 13.0. The number of halogens is 1. The first-order valence-corrected chi connectivity index (χ1v) is 7.88. The van der Waals surface area contributed by atoms with E-state index in [0.29, 0.717) is 22.7 Å². The van der Waals surface area contributed by atoms with Gasteiger partial charge in [0.1, 0.15) is 17.2 Å². The van der Waals surface area contributed by atoms with Crippen LogP contribution in [0.1, 0.15) is 5.56 Å². The van der Waals surface area contributed by atoms with E-state index in [-0.39, 0.29) is 0 Å². The summed E-state index contributed by atoms with van der Waals surface area (Å²) >= 11 is 0. The third-order valence-electron chi connectivity index (χ3n) is 3.96. The second-order valence-corrected chi connectivity index (χ2v) is 5.56. The summed E-state index contributed by atoms with van der Waals surface area (Å²) in [6.07, 6.45) is 4.51. The van der Waals surface area contributed by atoms with E-state index >= 15 is 0 Å². The first kappa shape index (κ1) is 15.7. The number of nitrogens with zero attached hydrogens (tertiary/aromatic N) is 4. The van der Waals surface area contributed by atoms with Crippen LogP contribution in [-0.4, -0.2) is 15.0 Å². The summed E-state index contributed by atoms with van der Waals surface area (Å²) in [6, 6.07) is 16.2. The number of fused-ring (bicyclic) bond motifs is 1. The molecule has 0 amide bonds. The van der Waals surface area contributed by atoms with Gasteiger partial charge in [-0.2, -0.15) is 5.26 Å². The lowest BCUT2D eigenvalue weighted by Crippen LogP contribution is -1.99. The lowest BCUT2D eigenvalue weighted by Gasteiger charge is -2.12. The predicted octanol–water partition coefficient (Wildman–Crippen LogP) is 4.45. The molecule has 1 N–H and O–H groups in total. The van der Waals surface area contributed by atoms with E-state index in [1.54, 1.807) is 18.5 Å². The van der Waals surface area contributed by atoms with Crippen LogP contribution < -0.4 is 5.32 Å². The Balaban J connectivity index is 1.86. The fourth-order valence-electron chi connectivity index (χ4n) is 2.76. The van der Waals surface area contributed by atoms with Crippen LogP contribution in [0.4, 0.5) is 16.0 Å². The first-order chi connectivity index (χ1) is 12.8. The first-order valence-electron chi connectivity index (χ1n) is 7.88. The highest BCUT2D eigenvalue weighted by atomic mass is 19.1. The Hall–Kier alpha value is -3.85. The molecule has 5 nitrogen and oxygen atoms in total. The van der Waals surface area contributed by atoms with Crippen LogP contribution in [0, 0.1) is 17.1 Å². The molecule has 0 unspecified atom stereocenters. The minimum Gasteiger partial charge on any atom is -0.323 e. The molecule has 26 heavy (non-hydrogen) atoms. The predicted molar refractivity (Wildman–Crippen MR) is 97.2 cm³/mol. The largest absolute Gasteiger partial charge is 0.323 e. The molecular weight excluding hydrogens is 329 g/mol. The van der Waals surface area contributed by atoms with E-state index in [4.69, 9.17) is 0 Å². The third kappa shape index (κ3) is 2.82. The molecule has 0 atom stereocenters. The standard InChI is InChI=1S/C20H12FN5/c21-14-7-8-18(24-11-14)26-20-19-16(6-3-9-23-19)17(12-25-20)15-5-2-1-4-13(15)10-22/h1-9,11-12H,(H,24,25,26). The molecule has 4 rings (SSSR count). The van der Waals surface area contributed by atoms with Crippen LogP contribution in [0.2, 0.25) is 0 Å². The summed E-state index contributed by atoms with van der Waals surface area (Å²) in [7, 11) is 0. The number of pyridine rings is 3. The number of nitrogens with one attached hydrogen (secondary N) is 1. The summed E-state index contributed by atoms with van der Waals surface area (Å²) in [6.45, 7) is 0. The SMILES string of the molecule is N#Cc1ccccc1-c1cnc(Nc2ccc(F)cn2)c2ncccc12. The zero-order chi connectivity index (χ0) is 17.9. The summed E-state index contributed by atoms with van der Waals surface area (Å²) < 4.78 is 13.0. The van der Waals surface area contributed by atoms with E-state index < -0.39 is 5.82 Å². The zero-order valence-corrected chi connectivity index (χ0v) is 13.5. The average Bonchev–Trinajstić information content (AvgIpc) is 2.70. The Morgan fingerprint density at radius 1 is 0.885 bits per heavy atom. The number of rotatable bonds is 3. The molecule has 3 aromatic heterocycles. The number of nitriles is 1. The van der Waals surface area contributed by atoms with Gasteiger partial charge in [-0.25, -0.2) is 14.4 Å². The van der Waals surface area contributed by atoms with Gasteiger partial charge in [0.05, 0.1) is 17.8 Å². The lowest BCUT2D eigenvalue weighted by atomic mass is 9.98. The summed E-state index contributed by atoms with van der Waals surface area (Å²) in [4.78, 5) is 12.9. The molecule has 4 aromatic rings. The molecule has 0 bridgehead atoms. The van der Waals surface area contributed by atoms with Gasteiger partial charge >= 0.3 is 0 Å². The highest BCUT2D eigenvalue weighted by Gasteiger charge is 2.13. The van der Waals surface area contributed by atoms with Gasteiger partial charge in [-0.15, -0.1) is 0 Å². The van der Waals surface area contributed by atoms with Crippen molar-refractivity contribution in [3.8, 4) is 17.2 Å². The molecule has 0 aliphatic carbocycles. The van der Waals surface area contributed by atoms with E-state index in [2.05, 4.69) is 26.3 Å². The lowest BCUT2D eigenvalue weighted by molar-refractivity contribution is 0.622. The topological polar surface area (TPSA) is 74.5 Å². The Kier molecular flexibility index (Phi) is 3.96. The van der Waals surface area contributed by atoms with Gasteiger partial charge in [0.15, 0.2) is 5.82 Å². The smallest absolute Gasteiger partial charge is 0.158 e. The third-order valence-corrected chi connectivity index (χ3v) is 3.96. The molecule has 0 aliphatic heterocycles. The molecular formula is C20H12FN5. The number of hydrogen-bond donors (Lipinski definition) is 1. The van der Waals surface area contributed by atoms with Crippen molar-refractivity contribution < 1.29 is 4.39 Å². The number of anilines is 2. The second-order valence-electron chi connectivity index (χ2n) is 5.56. The van der Waals surface area contributed by atoms with E-state index in [0.717, 1.165) is 22.7 Å². The van der Waals surface area contributed by atoms with Crippen molar-refractivity contribution in [2.75, 3.05) is 5.32 Å². The summed E-state index contributed by atoms with van der Waals surface area (Å²) in [5.74, 6) is 0.573. The number of aromatic nitrogens is 3. The van der Waals surface area contributed by atoms with Gasteiger partial charge in [0.2, 0.25) is 0 Å². The van der Waals surface area contributed by atoms with Crippen molar-refractivity contribution >= 4 is 22.5 Å². The minimum absolute atomic E-state index is 0.407. The molecule has 124 valence electrons. The van der Waals surface area contributed by atoms with Crippen LogP contribution in [0.15, 0.2) is 67.1 Å². The van der Waals surface area contributed by atoms with Crippen LogP contribution >= 0.6 is 0 Å². The molecule has 0 aliphatic rings.